The first kappa shape index (κ1) is 31.6. The van der Waals surface area contributed by atoms with Crippen LogP contribution >= 0.6 is 0 Å². The number of azo groups is 2. The molecule has 0 spiro atoms. The van der Waals surface area contributed by atoms with Crippen molar-refractivity contribution in [1.29, 1.82) is 0 Å². The number of fused-ring (bicyclic) bond motifs is 2. The first-order chi connectivity index (χ1) is 20.9. The van der Waals surface area contributed by atoms with Crippen LogP contribution in [0.15, 0.2) is 108 Å². The molecule has 15 nitrogen and oxygen atoms in total. The molecule has 0 fully saturated rings. The Morgan fingerprint density at radius 3 is 1.98 bits per heavy atom. The van der Waals surface area contributed by atoms with E-state index in [1.54, 1.807) is 31.2 Å². The quantitative estimate of drug-likeness (QED) is 0.0743. The monoisotopic (exact) mass is 671 g/mol. The van der Waals surface area contributed by atoms with E-state index in [1.165, 1.54) is 30.3 Å². The molecule has 6 N–H and O–H groups in total. The Labute approximate surface area is 255 Å². The number of aryl methyl sites for hydroxylation is 1. The van der Waals surface area contributed by atoms with E-state index in [4.69, 9.17) is 5.73 Å². The SMILES string of the molecule is Cc1cc(/N=N/c2c(S(=O)(=O)O)cc3cc(S(=O)(=O)O)cc(N)c3c2O)ccc1/N=N/c1ccc2ccccc2c1S(=O)(=O)O. The lowest BCUT2D eigenvalue weighted by Crippen LogP contribution is -2.02. The zero-order valence-corrected chi connectivity index (χ0v) is 25.2. The fourth-order valence-corrected chi connectivity index (χ4v) is 6.59. The van der Waals surface area contributed by atoms with Crippen molar-refractivity contribution < 1.29 is 44.0 Å². The van der Waals surface area contributed by atoms with Gasteiger partial charge in [-0.15, -0.1) is 10.2 Å². The van der Waals surface area contributed by atoms with Crippen LogP contribution in [0, 0.1) is 6.92 Å². The van der Waals surface area contributed by atoms with Crippen molar-refractivity contribution in [2.45, 2.75) is 21.6 Å². The highest BCUT2D eigenvalue weighted by Gasteiger charge is 2.25. The molecule has 232 valence electrons. The minimum Gasteiger partial charge on any atom is -0.505 e. The van der Waals surface area contributed by atoms with Gasteiger partial charge in [0.25, 0.3) is 30.4 Å². The van der Waals surface area contributed by atoms with Gasteiger partial charge in [0, 0.05) is 16.5 Å². The van der Waals surface area contributed by atoms with Crippen LogP contribution < -0.4 is 5.73 Å². The van der Waals surface area contributed by atoms with E-state index in [-0.39, 0.29) is 38.9 Å². The lowest BCUT2D eigenvalue weighted by Gasteiger charge is -2.12. The first-order valence-corrected chi connectivity index (χ1v) is 16.7. The van der Waals surface area contributed by atoms with Crippen molar-refractivity contribution in [3.63, 3.8) is 0 Å². The summed E-state index contributed by atoms with van der Waals surface area (Å²) in [6.07, 6.45) is 0. The molecule has 18 heteroatoms. The van der Waals surface area contributed by atoms with Crippen LogP contribution in [0.25, 0.3) is 21.5 Å². The van der Waals surface area contributed by atoms with Gasteiger partial charge in [-0.3, -0.25) is 13.7 Å². The highest BCUT2D eigenvalue weighted by Crippen LogP contribution is 2.44. The van der Waals surface area contributed by atoms with Crippen LogP contribution in [-0.2, 0) is 30.4 Å². The Hall–Kier alpha value is -4.85. The Balaban J connectivity index is 1.54. The molecule has 5 aromatic carbocycles. The number of anilines is 1. The van der Waals surface area contributed by atoms with E-state index >= 15 is 0 Å². The Kier molecular flexibility index (Phi) is 7.90. The summed E-state index contributed by atoms with van der Waals surface area (Å²) in [5.41, 5.74) is 5.59. The van der Waals surface area contributed by atoms with E-state index < -0.39 is 56.5 Å². The van der Waals surface area contributed by atoms with Crippen molar-refractivity contribution >= 4 is 80.3 Å². The van der Waals surface area contributed by atoms with Crippen LogP contribution in [0.5, 0.6) is 5.75 Å². The largest absolute Gasteiger partial charge is 0.505 e. The summed E-state index contributed by atoms with van der Waals surface area (Å²) in [6.45, 7) is 1.61. The second-order valence-electron chi connectivity index (χ2n) is 9.61. The summed E-state index contributed by atoms with van der Waals surface area (Å²) < 4.78 is 101. The standard InChI is InChI=1S/C27H21N5O10S3/c1-14-10-17(7-9-21(14)30-31-22-8-6-15-4-2-3-5-19(15)27(22)45(40,41)42)29-32-25-23(44(37,38)39)12-16-11-18(43(34,35)36)13-20(28)24(16)26(25)33/h2-13,33H,28H2,1H3,(H,34,35,36)(H,37,38,39)(H,40,41,42)/b31-30+,32-29+. The number of phenols is 1. The molecule has 0 bridgehead atoms. The Bertz CT molecular complexity index is 2450. The molecule has 0 aliphatic rings. The molecule has 0 heterocycles. The summed E-state index contributed by atoms with van der Waals surface area (Å²) in [6, 6.07) is 16.3. The second-order valence-corrected chi connectivity index (χ2v) is 13.8. The summed E-state index contributed by atoms with van der Waals surface area (Å²) in [5.74, 6) is -0.838. The molecule has 0 saturated heterocycles. The van der Waals surface area contributed by atoms with Crippen molar-refractivity contribution in [1.82, 2.24) is 0 Å². The normalized spacial score (nSPS) is 13.0. The van der Waals surface area contributed by atoms with Gasteiger partial charge in [0.05, 0.1) is 16.3 Å². The van der Waals surface area contributed by atoms with Crippen LogP contribution in [-0.4, -0.2) is 44.0 Å². The zero-order valence-electron chi connectivity index (χ0n) is 22.8. The molecule has 5 aromatic rings. The number of hydrogen-bond acceptors (Lipinski definition) is 12. The molecule has 0 aliphatic heterocycles. The molecular weight excluding hydrogens is 651 g/mol. The second kappa shape index (κ2) is 11.3. The number of rotatable bonds is 7. The predicted octanol–water partition coefficient (Wildman–Crippen LogP) is 6.16. The molecular formula is C27H21N5O10S3. The molecule has 0 unspecified atom stereocenters. The molecule has 5 rings (SSSR count). The van der Waals surface area contributed by atoms with Gasteiger partial charge in [-0.25, -0.2) is 0 Å². The fourth-order valence-electron chi connectivity index (χ4n) is 4.54. The predicted molar refractivity (Wildman–Crippen MR) is 163 cm³/mol. The Morgan fingerprint density at radius 2 is 1.33 bits per heavy atom. The van der Waals surface area contributed by atoms with Crippen LogP contribution in [0.2, 0.25) is 0 Å². The average Bonchev–Trinajstić information content (AvgIpc) is 2.93. The number of hydrogen-bond donors (Lipinski definition) is 5. The number of nitrogen functional groups attached to an aromatic ring is 1. The third-order valence-corrected chi connectivity index (χ3v) is 9.20. The van der Waals surface area contributed by atoms with Crippen molar-refractivity contribution in [2.24, 2.45) is 20.5 Å². The van der Waals surface area contributed by atoms with Gasteiger partial charge in [-0.1, -0.05) is 30.3 Å². The molecule has 0 aromatic heterocycles. The number of nitrogens with two attached hydrogens (primary N) is 1. The summed E-state index contributed by atoms with van der Waals surface area (Å²) >= 11 is 0. The van der Waals surface area contributed by atoms with Crippen molar-refractivity contribution in [3.8, 4) is 5.75 Å². The molecule has 0 radical (unpaired) electrons. The highest BCUT2D eigenvalue weighted by atomic mass is 32.2. The number of phenolic OH excluding ortho intramolecular Hbond substituents is 1. The van der Waals surface area contributed by atoms with Crippen molar-refractivity contribution in [3.05, 3.63) is 78.4 Å². The van der Waals surface area contributed by atoms with Gasteiger partial charge in [-0.2, -0.15) is 35.5 Å². The van der Waals surface area contributed by atoms with Crippen LogP contribution in [0.3, 0.4) is 0 Å². The van der Waals surface area contributed by atoms with Gasteiger partial charge in [0.2, 0.25) is 0 Å². The lowest BCUT2D eigenvalue weighted by molar-refractivity contribution is 0.472. The topological polar surface area (TPSA) is 259 Å². The maximum Gasteiger partial charge on any atom is 0.297 e. The molecule has 0 atom stereocenters. The number of benzene rings is 5. The van der Waals surface area contributed by atoms with Gasteiger partial charge in [0.15, 0.2) is 5.75 Å². The highest BCUT2D eigenvalue weighted by molar-refractivity contribution is 7.86. The lowest BCUT2D eigenvalue weighted by atomic mass is 10.1. The van der Waals surface area contributed by atoms with E-state index in [0.717, 1.165) is 18.2 Å². The summed E-state index contributed by atoms with van der Waals surface area (Å²) in [7, 11) is -14.5. The first-order valence-electron chi connectivity index (χ1n) is 12.4. The fraction of sp³-hybridized carbons (Fsp3) is 0.0370. The molecule has 0 aliphatic carbocycles. The van der Waals surface area contributed by atoms with Crippen LogP contribution in [0.1, 0.15) is 5.56 Å². The van der Waals surface area contributed by atoms with Gasteiger partial charge < -0.3 is 10.8 Å². The maximum atomic E-state index is 12.2. The molecule has 45 heavy (non-hydrogen) atoms. The maximum absolute atomic E-state index is 12.2. The minimum absolute atomic E-state index is 0.105. The van der Waals surface area contributed by atoms with Crippen LogP contribution in [0.4, 0.5) is 28.4 Å². The van der Waals surface area contributed by atoms with E-state index in [1.807, 2.05) is 0 Å². The van der Waals surface area contributed by atoms with Gasteiger partial charge in [-0.05, 0) is 65.7 Å². The van der Waals surface area contributed by atoms with E-state index in [2.05, 4.69) is 20.5 Å². The minimum atomic E-state index is -5.04. The van der Waals surface area contributed by atoms with E-state index in [9.17, 15) is 44.0 Å². The number of aromatic hydroxyl groups is 1. The zero-order chi connectivity index (χ0) is 32.9. The molecule has 0 saturated carbocycles. The average molecular weight is 672 g/mol. The summed E-state index contributed by atoms with van der Waals surface area (Å²) in [5, 5.41) is 27.1. The Morgan fingerprint density at radius 1 is 0.667 bits per heavy atom. The van der Waals surface area contributed by atoms with Crippen molar-refractivity contribution in [2.75, 3.05) is 5.73 Å². The van der Waals surface area contributed by atoms with Gasteiger partial charge in [0.1, 0.15) is 21.2 Å². The third-order valence-electron chi connectivity index (χ3n) is 6.56. The van der Waals surface area contributed by atoms with Gasteiger partial charge >= 0.3 is 0 Å². The molecule has 0 amide bonds. The smallest absolute Gasteiger partial charge is 0.297 e. The van der Waals surface area contributed by atoms with E-state index in [0.29, 0.717) is 10.9 Å². The third kappa shape index (κ3) is 6.36. The number of nitrogens with zero attached hydrogens (tertiary/aromatic N) is 4. The summed E-state index contributed by atoms with van der Waals surface area (Å²) in [4.78, 5) is -2.01.